The molecule has 3 nitrogen and oxygen atoms in total. The first-order chi connectivity index (χ1) is 13.2. The van der Waals surface area contributed by atoms with E-state index >= 15 is 0 Å². The maximum Gasteiger partial charge on any atom is 0.252 e. The van der Waals surface area contributed by atoms with Gasteiger partial charge in [-0.1, -0.05) is 36.4 Å². The maximum absolute atomic E-state index is 12.9. The quantitative estimate of drug-likeness (QED) is 0.392. The predicted octanol–water partition coefficient (Wildman–Crippen LogP) is 6.28. The number of rotatable bonds is 6. The van der Waals surface area contributed by atoms with Gasteiger partial charge in [0, 0.05) is 20.9 Å². The molecule has 0 radical (unpaired) electrons. The molecule has 0 spiro atoms. The van der Waals surface area contributed by atoms with Crippen LogP contribution in [0.25, 0.3) is 11.0 Å². The fourth-order valence-corrected chi connectivity index (χ4v) is 4.71. The molecule has 0 bridgehead atoms. The molecule has 1 atom stereocenters. The van der Waals surface area contributed by atoms with Gasteiger partial charge in [0.2, 0.25) is 0 Å². The van der Waals surface area contributed by atoms with Crippen LogP contribution in [0.1, 0.15) is 34.0 Å². The summed E-state index contributed by atoms with van der Waals surface area (Å²) in [6.45, 7) is 1.94. The fraction of sp³-hybridized carbons (Fsp3) is 0.136. The van der Waals surface area contributed by atoms with Gasteiger partial charge in [0.1, 0.15) is 11.3 Å². The van der Waals surface area contributed by atoms with E-state index in [1.165, 1.54) is 4.88 Å². The van der Waals surface area contributed by atoms with Gasteiger partial charge >= 0.3 is 0 Å². The van der Waals surface area contributed by atoms with E-state index in [0.29, 0.717) is 5.56 Å². The number of hydrogen-bond donors (Lipinski definition) is 1. The van der Waals surface area contributed by atoms with Crippen molar-refractivity contribution in [2.75, 3.05) is 0 Å². The Morgan fingerprint density at radius 1 is 1.11 bits per heavy atom. The van der Waals surface area contributed by atoms with E-state index in [9.17, 15) is 4.79 Å². The van der Waals surface area contributed by atoms with Gasteiger partial charge in [-0.25, -0.2) is 0 Å². The van der Waals surface area contributed by atoms with E-state index in [1.807, 2.05) is 67.6 Å². The topological polar surface area (TPSA) is 42.2 Å². The number of amides is 1. The van der Waals surface area contributed by atoms with Gasteiger partial charge < -0.3 is 9.73 Å². The highest BCUT2D eigenvalue weighted by Crippen LogP contribution is 2.29. The van der Waals surface area contributed by atoms with Crippen molar-refractivity contribution in [3.8, 4) is 0 Å². The van der Waals surface area contributed by atoms with Crippen molar-refractivity contribution < 1.29 is 9.21 Å². The zero-order valence-electron chi connectivity index (χ0n) is 14.8. The Balaban J connectivity index is 1.49. The molecule has 5 heteroatoms. The predicted molar refractivity (Wildman–Crippen MR) is 112 cm³/mol. The Morgan fingerprint density at radius 2 is 1.93 bits per heavy atom. The number of thiophene rings is 1. The lowest BCUT2D eigenvalue weighted by atomic mass is 10.1. The smallest absolute Gasteiger partial charge is 0.252 e. The summed E-state index contributed by atoms with van der Waals surface area (Å²) in [6, 6.07) is 21.5. The Hall–Kier alpha value is -2.50. The number of benzene rings is 2. The number of carbonyl (C=O) groups excluding carboxylic acids is 1. The van der Waals surface area contributed by atoms with Gasteiger partial charge in [0.25, 0.3) is 5.91 Å². The number of fused-ring (bicyclic) bond motifs is 1. The average Bonchev–Trinajstić information content (AvgIpc) is 3.36. The van der Waals surface area contributed by atoms with Crippen molar-refractivity contribution >= 4 is 40.0 Å². The summed E-state index contributed by atoms with van der Waals surface area (Å²) in [6.07, 6.45) is 0. The van der Waals surface area contributed by atoms with Gasteiger partial charge in [-0.15, -0.1) is 23.1 Å². The molecule has 0 saturated carbocycles. The van der Waals surface area contributed by atoms with Crippen LogP contribution in [0.2, 0.25) is 0 Å². The van der Waals surface area contributed by atoms with Gasteiger partial charge in [0.15, 0.2) is 0 Å². The van der Waals surface area contributed by atoms with E-state index in [2.05, 4.69) is 16.8 Å². The van der Waals surface area contributed by atoms with Crippen molar-refractivity contribution in [3.05, 3.63) is 88.3 Å². The number of thioether (sulfide) groups is 1. The normalized spacial score (nSPS) is 12.2. The van der Waals surface area contributed by atoms with E-state index in [1.54, 1.807) is 23.1 Å². The lowest BCUT2D eigenvalue weighted by Gasteiger charge is -2.13. The summed E-state index contributed by atoms with van der Waals surface area (Å²) in [5.74, 6) is 1.53. The summed E-state index contributed by atoms with van der Waals surface area (Å²) in [5.41, 5.74) is 1.53. The molecule has 1 N–H and O–H groups in total. The third-order valence-electron chi connectivity index (χ3n) is 4.30. The Kier molecular flexibility index (Phi) is 5.32. The molecule has 0 aliphatic rings. The summed E-state index contributed by atoms with van der Waals surface area (Å²) in [5, 5.41) is 6.18. The van der Waals surface area contributed by atoms with Crippen molar-refractivity contribution in [1.82, 2.24) is 5.32 Å². The summed E-state index contributed by atoms with van der Waals surface area (Å²) >= 11 is 3.42. The van der Waals surface area contributed by atoms with Crippen LogP contribution in [0, 0.1) is 0 Å². The minimum absolute atomic E-state index is 0.0859. The lowest BCUT2D eigenvalue weighted by Crippen LogP contribution is -2.26. The van der Waals surface area contributed by atoms with Crippen molar-refractivity contribution in [1.29, 1.82) is 0 Å². The van der Waals surface area contributed by atoms with Gasteiger partial charge in [-0.2, -0.15) is 0 Å². The van der Waals surface area contributed by atoms with Crippen LogP contribution in [0.3, 0.4) is 0 Å². The summed E-state index contributed by atoms with van der Waals surface area (Å²) in [4.78, 5) is 15.1. The molecule has 136 valence electrons. The number of furan rings is 1. The molecule has 2 heterocycles. The minimum atomic E-state index is -0.208. The van der Waals surface area contributed by atoms with Crippen LogP contribution >= 0.6 is 23.1 Å². The monoisotopic (exact) mass is 393 g/mol. The first kappa shape index (κ1) is 17.9. The highest BCUT2D eigenvalue weighted by molar-refractivity contribution is 7.98. The molecular formula is C22H19NO2S2. The van der Waals surface area contributed by atoms with Crippen molar-refractivity contribution in [2.24, 2.45) is 0 Å². The fourth-order valence-electron chi connectivity index (χ4n) is 2.89. The van der Waals surface area contributed by atoms with E-state index in [4.69, 9.17) is 4.42 Å². The van der Waals surface area contributed by atoms with E-state index in [0.717, 1.165) is 27.4 Å². The molecule has 27 heavy (non-hydrogen) atoms. The summed E-state index contributed by atoms with van der Waals surface area (Å²) in [7, 11) is 0. The van der Waals surface area contributed by atoms with Gasteiger partial charge in [-0.05, 0) is 42.6 Å². The van der Waals surface area contributed by atoms with Gasteiger partial charge in [-0.3, -0.25) is 4.79 Å². The van der Waals surface area contributed by atoms with Crippen LogP contribution in [-0.4, -0.2) is 5.91 Å². The van der Waals surface area contributed by atoms with Gasteiger partial charge in [0.05, 0.1) is 11.6 Å². The molecule has 0 fully saturated rings. The molecule has 4 aromatic rings. The summed E-state index contributed by atoms with van der Waals surface area (Å²) < 4.78 is 5.87. The molecule has 2 aromatic heterocycles. The molecule has 2 aromatic carbocycles. The van der Waals surface area contributed by atoms with Crippen molar-refractivity contribution in [3.63, 3.8) is 0 Å². The maximum atomic E-state index is 12.9. The van der Waals surface area contributed by atoms with Crippen LogP contribution in [0.5, 0.6) is 0 Å². The van der Waals surface area contributed by atoms with Crippen LogP contribution in [-0.2, 0) is 5.75 Å². The molecule has 0 aliphatic carbocycles. The molecule has 1 amide bonds. The van der Waals surface area contributed by atoms with E-state index < -0.39 is 0 Å². The Labute approximate surface area is 166 Å². The zero-order valence-corrected chi connectivity index (χ0v) is 16.5. The average molecular weight is 394 g/mol. The second-order valence-corrected chi connectivity index (χ2v) is 8.30. The van der Waals surface area contributed by atoms with Crippen LogP contribution in [0.4, 0.5) is 0 Å². The molecule has 1 unspecified atom stereocenters. The van der Waals surface area contributed by atoms with E-state index in [-0.39, 0.29) is 11.9 Å². The molecule has 0 aliphatic heterocycles. The van der Waals surface area contributed by atoms with Crippen molar-refractivity contribution in [2.45, 2.75) is 23.6 Å². The van der Waals surface area contributed by atoms with Crippen LogP contribution in [0.15, 0.2) is 81.4 Å². The standard InChI is InChI=1S/C22H19NO2S2/c1-15(20-13-16-7-2-4-10-19(16)25-20)23-22(24)18-9-3-5-11-21(18)27-14-17-8-6-12-26-17/h2-13,15H,14H2,1H3,(H,23,24). The molecular weight excluding hydrogens is 374 g/mol. The first-order valence-electron chi connectivity index (χ1n) is 8.74. The Bertz CT molecular complexity index is 1020. The second kappa shape index (κ2) is 8.03. The zero-order chi connectivity index (χ0) is 18.6. The lowest BCUT2D eigenvalue weighted by molar-refractivity contribution is 0.0932. The third-order valence-corrected chi connectivity index (χ3v) is 6.48. The molecule has 0 saturated heterocycles. The first-order valence-corrected chi connectivity index (χ1v) is 10.6. The third kappa shape index (κ3) is 4.10. The minimum Gasteiger partial charge on any atom is -0.459 e. The molecule has 4 rings (SSSR count). The SMILES string of the molecule is CC(NC(=O)c1ccccc1SCc1cccs1)c1cc2ccccc2o1. The highest BCUT2D eigenvalue weighted by Gasteiger charge is 2.17. The van der Waals surface area contributed by atoms with Crippen LogP contribution < -0.4 is 5.32 Å². The number of para-hydroxylation sites is 1. The number of carbonyl (C=O) groups is 1. The highest BCUT2D eigenvalue weighted by atomic mass is 32.2. The Morgan fingerprint density at radius 3 is 2.74 bits per heavy atom. The number of hydrogen-bond acceptors (Lipinski definition) is 4. The number of nitrogens with one attached hydrogen (secondary N) is 1. The second-order valence-electron chi connectivity index (χ2n) is 6.25. The largest absolute Gasteiger partial charge is 0.459 e.